The van der Waals surface area contributed by atoms with Gasteiger partial charge in [0, 0.05) is 18.8 Å². The summed E-state index contributed by atoms with van der Waals surface area (Å²) in [5.74, 6) is 0.468. The van der Waals surface area contributed by atoms with E-state index in [9.17, 15) is 5.11 Å². The molecule has 1 fully saturated rings. The first-order chi connectivity index (χ1) is 7.34. The molecule has 0 radical (unpaired) electrons. The zero-order valence-corrected chi connectivity index (χ0v) is 8.24. The Morgan fingerprint density at radius 1 is 1.53 bits per heavy atom. The van der Waals surface area contributed by atoms with Crippen LogP contribution in [0.2, 0.25) is 0 Å². The van der Waals surface area contributed by atoms with Crippen molar-refractivity contribution in [3.05, 3.63) is 24.4 Å². The second-order valence-corrected chi connectivity index (χ2v) is 4.04. The van der Waals surface area contributed by atoms with Gasteiger partial charge in [-0.05, 0) is 18.8 Å². The minimum atomic E-state index is -0.277. The lowest BCUT2D eigenvalue weighted by atomic mass is 10.1. The number of hydrogen-bond acceptors (Lipinski definition) is 4. The average Bonchev–Trinajstić information content (AvgIpc) is 2.97. The second kappa shape index (κ2) is 3.27. The van der Waals surface area contributed by atoms with Crippen LogP contribution in [0.3, 0.4) is 0 Å². The van der Waals surface area contributed by atoms with Crippen molar-refractivity contribution in [1.82, 2.24) is 19.6 Å². The number of hydrogen-bond donors (Lipinski definition) is 1. The van der Waals surface area contributed by atoms with Crippen molar-refractivity contribution < 1.29 is 5.11 Å². The molecule has 0 aliphatic heterocycles. The first-order valence-electron chi connectivity index (χ1n) is 5.16. The average molecular weight is 204 g/mol. The lowest BCUT2D eigenvalue weighted by Crippen LogP contribution is -2.14. The van der Waals surface area contributed by atoms with Crippen molar-refractivity contribution in [2.75, 3.05) is 0 Å². The third-order valence-corrected chi connectivity index (χ3v) is 2.86. The number of aromatic nitrogens is 4. The maximum absolute atomic E-state index is 9.84. The predicted octanol–water partition coefficient (Wildman–Crippen LogP) is 0.438. The molecular formula is C10H12N4O. The molecule has 5 nitrogen and oxygen atoms in total. The number of nitrogens with zero attached hydrogens (tertiary/aromatic N) is 4. The number of rotatable bonds is 3. The Bertz CT molecular complexity index is 477. The van der Waals surface area contributed by atoms with E-state index in [2.05, 4.69) is 15.2 Å². The Morgan fingerprint density at radius 3 is 3.20 bits per heavy atom. The minimum absolute atomic E-state index is 0.277. The summed E-state index contributed by atoms with van der Waals surface area (Å²) in [6, 6.07) is 0. The monoisotopic (exact) mass is 204 g/mol. The molecule has 15 heavy (non-hydrogen) atoms. The Kier molecular flexibility index (Phi) is 1.92. The van der Waals surface area contributed by atoms with E-state index in [0.717, 1.165) is 24.2 Å². The van der Waals surface area contributed by atoms with Crippen molar-refractivity contribution in [3.8, 4) is 0 Å². The van der Waals surface area contributed by atoms with Crippen LogP contribution < -0.4 is 0 Å². The van der Waals surface area contributed by atoms with E-state index in [1.165, 1.54) is 0 Å². The number of aliphatic hydroxyl groups excluding tert-OH is 1. The second-order valence-electron chi connectivity index (χ2n) is 4.04. The minimum Gasteiger partial charge on any atom is -0.392 e. The summed E-state index contributed by atoms with van der Waals surface area (Å²) in [4.78, 5) is 4.25. The first-order valence-corrected chi connectivity index (χ1v) is 5.16. The first kappa shape index (κ1) is 8.79. The Hall–Kier alpha value is -1.49. The van der Waals surface area contributed by atoms with Crippen LogP contribution in [0.25, 0.3) is 5.65 Å². The molecule has 0 saturated heterocycles. The molecule has 2 aromatic heterocycles. The van der Waals surface area contributed by atoms with Gasteiger partial charge in [0.1, 0.15) is 6.33 Å². The van der Waals surface area contributed by atoms with E-state index < -0.39 is 0 Å². The highest BCUT2D eigenvalue weighted by Gasteiger charge is 2.30. The fourth-order valence-electron chi connectivity index (χ4n) is 1.80. The Balaban J connectivity index is 1.92. The lowest BCUT2D eigenvalue weighted by molar-refractivity contribution is 0.151. The maximum Gasteiger partial charge on any atom is 0.182 e. The predicted molar refractivity (Wildman–Crippen MR) is 53.2 cm³/mol. The van der Waals surface area contributed by atoms with E-state index in [4.69, 9.17) is 0 Å². The molecule has 1 aliphatic rings. The van der Waals surface area contributed by atoms with Gasteiger partial charge < -0.3 is 5.11 Å². The summed E-state index contributed by atoms with van der Waals surface area (Å²) < 4.78 is 1.82. The molecule has 3 rings (SSSR count). The van der Waals surface area contributed by atoms with Gasteiger partial charge in [0.05, 0.1) is 11.8 Å². The summed E-state index contributed by atoms with van der Waals surface area (Å²) in [6.45, 7) is 0. The summed E-state index contributed by atoms with van der Waals surface area (Å²) in [7, 11) is 0. The van der Waals surface area contributed by atoms with Crippen LogP contribution in [-0.2, 0) is 6.42 Å². The van der Waals surface area contributed by atoms with Gasteiger partial charge in [-0.25, -0.2) is 0 Å². The molecule has 1 N–H and O–H groups in total. The van der Waals surface area contributed by atoms with Crippen LogP contribution in [0.15, 0.2) is 18.7 Å². The van der Waals surface area contributed by atoms with Crippen molar-refractivity contribution in [2.24, 2.45) is 5.92 Å². The molecule has 0 aromatic carbocycles. The number of fused-ring (bicyclic) bond motifs is 1. The highest BCUT2D eigenvalue weighted by atomic mass is 16.3. The van der Waals surface area contributed by atoms with Crippen LogP contribution in [0.5, 0.6) is 0 Å². The summed E-state index contributed by atoms with van der Waals surface area (Å²) in [5.41, 5.74) is 1.58. The highest BCUT2D eigenvalue weighted by molar-refractivity contribution is 5.42. The van der Waals surface area contributed by atoms with Gasteiger partial charge in [0.25, 0.3) is 0 Å². The molecule has 1 aliphatic carbocycles. The third-order valence-electron chi connectivity index (χ3n) is 2.86. The van der Waals surface area contributed by atoms with Crippen LogP contribution in [-0.4, -0.2) is 30.8 Å². The van der Waals surface area contributed by atoms with E-state index in [-0.39, 0.29) is 6.10 Å². The summed E-state index contributed by atoms with van der Waals surface area (Å²) in [6.07, 6.45) is 7.74. The van der Waals surface area contributed by atoms with Gasteiger partial charge >= 0.3 is 0 Å². The highest BCUT2D eigenvalue weighted by Crippen LogP contribution is 2.33. The summed E-state index contributed by atoms with van der Waals surface area (Å²) in [5, 5.41) is 17.7. The normalized spacial score (nSPS) is 18.2. The van der Waals surface area contributed by atoms with Crippen LogP contribution in [0, 0.1) is 5.92 Å². The van der Waals surface area contributed by atoms with Gasteiger partial charge in [-0.15, -0.1) is 10.2 Å². The molecule has 2 aromatic rings. The molecule has 0 spiro atoms. The number of aliphatic hydroxyl groups is 1. The van der Waals surface area contributed by atoms with Crippen molar-refractivity contribution >= 4 is 5.65 Å². The molecule has 0 amide bonds. The third kappa shape index (κ3) is 1.59. The van der Waals surface area contributed by atoms with Crippen LogP contribution in [0.1, 0.15) is 18.5 Å². The van der Waals surface area contributed by atoms with Crippen molar-refractivity contribution in [3.63, 3.8) is 0 Å². The van der Waals surface area contributed by atoms with E-state index in [1.54, 1.807) is 12.5 Å². The molecule has 1 atom stereocenters. The molecule has 0 bridgehead atoms. The molecule has 1 saturated carbocycles. The fourth-order valence-corrected chi connectivity index (χ4v) is 1.80. The summed E-state index contributed by atoms with van der Waals surface area (Å²) >= 11 is 0. The topological polar surface area (TPSA) is 63.3 Å². The quantitative estimate of drug-likeness (QED) is 0.787. The van der Waals surface area contributed by atoms with Crippen molar-refractivity contribution in [2.45, 2.75) is 25.4 Å². The van der Waals surface area contributed by atoms with Gasteiger partial charge in [0.2, 0.25) is 0 Å². The molecular weight excluding hydrogens is 192 g/mol. The van der Waals surface area contributed by atoms with Gasteiger partial charge in [-0.1, -0.05) is 0 Å². The standard InChI is InChI=1S/C10H12N4O/c15-9(7-1-2-7)5-8-10-13-12-6-14(10)4-3-11-8/h3-4,6-7,9,15H,1-2,5H2. The Labute approximate surface area is 86.8 Å². The van der Waals surface area contributed by atoms with Crippen LogP contribution in [0.4, 0.5) is 0 Å². The van der Waals surface area contributed by atoms with E-state index in [0.29, 0.717) is 12.3 Å². The van der Waals surface area contributed by atoms with E-state index >= 15 is 0 Å². The molecule has 2 heterocycles. The SMILES string of the molecule is OC(Cc1nccn2cnnc12)C1CC1. The molecule has 5 heteroatoms. The van der Waals surface area contributed by atoms with Gasteiger partial charge in [-0.2, -0.15) is 0 Å². The van der Waals surface area contributed by atoms with E-state index in [1.807, 2.05) is 10.6 Å². The Morgan fingerprint density at radius 2 is 2.40 bits per heavy atom. The van der Waals surface area contributed by atoms with Crippen molar-refractivity contribution in [1.29, 1.82) is 0 Å². The van der Waals surface area contributed by atoms with Crippen LogP contribution >= 0.6 is 0 Å². The smallest absolute Gasteiger partial charge is 0.182 e. The zero-order valence-electron chi connectivity index (χ0n) is 8.24. The fraction of sp³-hybridized carbons (Fsp3) is 0.500. The zero-order chi connectivity index (χ0) is 10.3. The lowest BCUT2D eigenvalue weighted by Gasteiger charge is -2.08. The molecule has 78 valence electrons. The largest absolute Gasteiger partial charge is 0.392 e. The van der Waals surface area contributed by atoms with Gasteiger partial charge in [-0.3, -0.25) is 9.38 Å². The molecule has 1 unspecified atom stereocenters. The van der Waals surface area contributed by atoms with Gasteiger partial charge in [0.15, 0.2) is 5.65 Å². The maximum atomic E-state index is 9.84.